The zero-order chi connectivity index (χ0) is 22.2. The van der Waals surface area contributed by atoms with Crippen molar-refractivity contribution >= 4 is 39.3 Å². The highest BCUT2D eigenvalue weighted by Gasteiger charge is 2.37. The lowest BCUT2D eigenvalue weighted by atomic mass is 10.1. The van der Waals surface area contributed by atoms with Crippen molar-refractivity contribution in [3.8, 4) is 5.75 Å². The largest absolute Gasteiger partial charge is 0.489 e. The Morgan fingerprint density at radius 1 is 1.10 bits per heavy atom. The minimum Gasteiger partial charge on any atom is -0.489 e. The first-order valence-electron chi connectivity index (χ1n) is 8.33. The number of amides is 1. The van der Waals surface area contributed by atoms with E-state index in [1.165, 1.54) is 19.1 Å². The van der Waals surface area contributed by atoms with Crippen LogP contribution in [0.2, 0.25) is 0 Å². The Bertz CT molecular complexity index is 1100. The number of carbonyl (C=O) groups is 1. The van der Waals surface area contributed by atoms with E-state index in [2.05, 4.69) is 27.6 Å². The number of hydrogen-bond acceptors (Lipinski definition) is 3. The van der Waals surface area contributed by atoms with Crippen LogP contribution in [0.3, 0.4) is 0 Å². The van der Waals surface area contributed by atoms with E-state index < -0.39 is 40.7 Å². The van der Waals surface area contributed by atoms with Gasteiger partial charge in [-0.1, -0.05) is 28.6 Å². The molecule has 0 aliphatic carbocycles. The molecule has 2 aromatic rings. The summed E-state index contributed by atoms with van der Waals surface area (Å²) < 4.78 is 74.8. The molecule has 10 heteroatoms. The summed E-state index contributed by atoms with van der Waals surface area (Å²) >= 11 is 3.29. The van der Waals surface area contributed by atoms with Gasteiger partial charge in [0.05, 0.1) is 11.3 Å². The van der Waals surface area contributed by atoms with Gasteiger partial charge < -0.3 is 4.74 Å². The number of hydrogen-bond donors (Lipinski definition) is 0. The van der Waals surface area contributed by atoms with Crippen molar-refractivity contribution in [2.24, 2.45) is 5.10 Å². The Morgan fingerprint density at radius 2 is 1.70 bits per heavy atom. The maximum atomic E-state index is 14.1. The van der Waals surface area contributed by atoms with Crippen LogP contribution in [0.1, 0.15) is 12.5 Å². The third-order valence-electron chi connectivity index (χ3n) is 4.09. The number of anilines is 1. The van der Waals surface area contributed by atoms with Gasteiger partial charge in [-0.25, -0.2) is 22.0 Å². The van der Waals surface area contributed by atoms with Crippen molar-refractivity contribution in [1.29, 1.82) is 0 Å². The maximum absolute atomic E-state index is 14.1. The lowest BCUT2D eigenvalue weighted by molar-refractivity contribution is -0.114. The van der Waals surface area contributed by atoms with Gasteiger partial charge in [0.25, 0.3) is 5.91 Å². The first kappa shape index (κ1) is 21.7. The Morgan fingerprint density at radius 3 is 2.30 bits per heavy atom. The quantitative estimate of drug-likeness (QED) is 0.184. The highest BCUT2D eigenvalue weighted by molar-refractivity contribution is 9.10. The van der Waals surface area contributed by atoms with E-state index in [1.807, 2.05) is 0 Å². The van der Waals surface area contributed by atoms with Crippen molar-refractivity contribution in [2.75, 3.05) is 11.6 Å². The second-order valence-electron chi connectivity index (χ2n) is 6.06. The van der Waals surface area contributed by atoms with Crippen molar-refractivity contribution < 1.29 is 31.5 Å². The summed E-state index contributed by atoms with van der Waals surface area (Å²) in [7, 11) is 0. The fourth-order valence-corrected chi connectivity index (χ4v) is 3.06. The fraction of sp³-hybridized carbons (Fsp3) is 0.100. The third kappa shape index (κ3) is 3.74. The SMILES string of the molecule is C=CCOc1ccc(Br)cc1/C=C1\C(=O)N(c2c(F)c(F)c(F)c(F)c2F)N=C1C. The molecular weight excluding hydrogens is 475 g/mol. The molecule has 0 atom stereocenters. The smallest absolute Gasteiger partial charge is 0.280 e. The van der Waals surface area contributed by atoms with Gasteiger partial charge in [-0.15, -0.1) is 0 Å². The zero-order valence-corrected chi connectivity index (χ0v) is 16.9. The van der Waals surface area contributed by atoms with Crippen LogP contribution in [-0.2, 0) is 4.79 Å². The Hall–Kier alpha value is -3.01. The molecule has 0 fully saturated rings. The predicted octanol–water partition coefficient (Wildman–Crippen LogP) is 5.52. The molecule has 1 aliphatic heterocycles. The lowest BCUT2D eigenvalue weighted by Gasteiger charge is -2.15. The summed E-state index contributed by atoms with van der Waals surface area (Å²) in [6.07, 6.45) is 2.85. The van der Waals surface area contributed by atoms with Crippen LogP contribution in [0.15, 0.2) is 46.0 Å². The van der Waals surface area contributed by atoms with Gasteiger partial charge in [-0.05, 0) is 31.2 Å². The van der Waals surface area contributed by atoms with Gasteiger partial charge >= 0.3 is 0 Å². The van der Waals surface area contributed by atoms with E-state index in [-0.39, 0.29) is 22.9 Å². The first-order chi connectivity index (χ1) is 14.2. The van der Waals surface area contributed by atoms with Crippen LogP contribution in [0, 0.1) is 29.1 Å². The monoisotopic (exact) mass is 486 g/mol. The highest BCUT2D eigenvalue weighted by Crippen LogP contribution is 2.35. The van der Waals surface area contributed by atoms with Gasteiger partial charge in [0, 0.05) is 10.0 Å². The standard InChI is InChI=1S/C20H12BrF5N2O2/c1-3-6-30-13-5-4-11(21)7-10(13)8-12-9(2)27-28(20(12)29)19-17(25)15(23)14(22)16(24)18(19)26/h3-5,7-8H,1,6H2,2H3/b12-8-. The minimum absolute atomic E-state index is 0.0126. The summed E-state index contributed by atoms with van der Waals surface area (Å²) in [4.78, 5) is 12.7. The molecule has 30 heavy (non-hydrogen) atoms. The van der Waals surface area contributed by atoms with Gasteiger partial charge in [-0.3, -0.25) is 4.79 Å². The number of carbonyl (C=O) groups excluding carboxylic acids is 1. The van der Waals surface area contributed by atoms with Gasteiger partial charge in [0.1, 0.15) is 18.0 Å². The zero-order valence-electron chi connectivity index (χ0n) is 15.3. The van der Waals surface area contributed by atoms with Crippen LogP contribution in [0.4, 0.5) is 27.6 Å². The molecule has 0 spiro atoms. The molecule has 1 heterocycles. The molecule has 4 nitrogen and oxygen atoms in total. The van der Waals surface area contributed by atoms with E-state index >= 15 is 0 Å². The summed E-state index contributed by atoms with van der Waals surface area (Å²) in [5.41, 5.74) is -1.13. The maximum Gasteiger partial charge on any atom is 0.280 e. The van der Waals surface area contributed by atoms with Crippen LogP contribution < -0.4 is 9.75 Å². The third-order valence-corrected chi connectivity index (χ3v) is 4.58. The normalized spacial score (nSPS) is 15.0. The van der Waals surface area contributed by atoms with Crippen LogP contribution >= 0.6 is 15.9 Å². The van der Waals surface area contributed by atoms with E-state index in [0.717, 1.165) is 0 Å². The Balaban J connectivity index is 2.09. The molecule has 0 saturated heterocycles. The van der Waals surface area contributed by atoms with Gasteiger partial charge in [-0.2, -0.15) is 10.1 Å². The summed E-state index contributed by atoms with van der Waals surface area (Å²) in [6, 6.07) is 4.93. The van der Waals surface area contributed by atoms with Crippen molar-refractivity contribution in [3.05, 3.63) is 75.5 Å². The predicted molar refractivity (Wildman–Crippen MR) is 105 cm³/mol. The highest BCUT2D eigenvalue weighted by atomic mass is 79.9. The molecule has 0 unspecified atom stereocenters. The van der Waals surface area contributed by atoms with E-state index in [4.69, 9.17) is 4.74 Å². The van der Waals surface area contributed by atoms with Gasteiger partial charge in [0.2, 0.25) is 5.82 Å². The minimum atomic E-state index is -2.32. The van der Waals surface area contributed by atoms with Crippen molar-refractivity contribution in [3.63, 3.8) is 0 Å². The molecule has 0 bridgehead atoms. The van der Waals surface area contributed by atoms with Crippen molar-refractivity contribution in [2.45, 2.75) is 6.92 Å². The molecule has 1 aliphatic rings. The van der Waals surface area contributed by atoms with E-state index in [0.29, 0.717) is 15.8 Å². The topological polar surface area (TPSA) is 41.9 Å². The molecule has 156 valence electrons. The second kappa shape index (κ2) is 8.39. The molecule has 0 radical (unpaired) electrons. The summed E-state index contributed by atoms with van der Waals surface area (Å²) in [5, 5.41) is 3.85. The summed E-state index contributed by atoms with van der Waals surface area (Å²) in [6.45, 7) is 5.08. The number of ether oxygens (including phenoxy) is 1. The number of benzene rings is 2. The van der Waals surface area contributed by atoms with Crippen LogP contribution in [-0.4, -0.2) is 18.2 Å². The molecule has 0 aromatic heterocycles. The molecule has 3 rings (SSSR count). The van der Waals surface area contributed by atoms with E-state index in [9.17, 15) is 26.7 Å². The molecular formula is C20H12BrF5N2O2. The number of halogens is 6. The Labute approximate surface area is 176 Å². The number of nitrogens with zero attached hydrogens (tertiary/aromatic N) is 2. The first-order valence-corrected chi connectivity index (χ1v) is 9.13. The molecule has 2 aromatic carbocycles. The van der Waals surface area contributed by atoms with E-state index in [1.54, 1.807) is 18.2 Å². The van der Waals surface area contributed by atoms with Crippen molar-refractivity contribution in [1.82, 2.24) is 0 Å². The van der Waals surface area contributed by atoms with Crippen LogP contribution in [0.25, 0.3) is 6.08 Å². The summed E-state index contributed by atoms with van der Waals surface area (Å²) in [5.74, 6) is -11.7. The average Bonchev–Trinajstić information content (AvgIpc) is 2.98. The number of rotatable bonds is 5. The molecule has 0 N–H and O–H groups in total. The molecule has 1 amide bonds. The fourth-order valence-electron chi connectivity index (χ4n) is 2.68. The van der Waals surface area contributed by atoms with Gasteiger partial charge in [0.15, 0.2) is 23.3 Å². The Kier molecular flexibility index (Phi) is 6.06. The lowest BCUT2D eigenvalue weighted by Crippen LogP contribution is -2.25. The number of hydrazone groups is 1. The second-order valence-corrected chi connectivity index (χ2v) is 6.98. The average molecular weight is 487 g/mol. The molecule has 0 saturated carbocycles. The van der Waals surface area contributed by atoms with Crippen LogP contribution in [0.5, 0.6) is 5.75 Å².